The summed E-state index contributed by atoms with van der Waals surface area (Å²) in [6.45, 7) is 6.79. The third-order valence-corrected chi connectivity index (χ3v) is 2.34. The van der Waals surface area contributed by atoms with Crippen LogP contribution in [0.15, 0.2) is 55.6 Å². The summed E-state index contributed by atoms with van der Waals surface area (Å²) in [5.74, 6) is 0. The molecule has 0 heterocycles. The largest absolute Gasteiger partial charge is 0.352 e. The number of para-hydroxylation sites is 1. The Kier molecular flexibility index (Phi) is 5.99. The molecule has 20 heavy (non-hydrogen) atoms. The van der Waals surface area contributed by atoms with Crippen LogP contribution in [0.4, 0.5) is 15.3 Å². The maximum Gasteiger partial charge on any atom is 0.352 e. The lowest BCUT2D eigenvalue weighted by Crippen LogP contribution is -2.46. The van der Waals surface area contributed by atoms with E-state index in [1.807, 2.05) is 6.07 Å². The highest BCUT2D eigenvalue weighted by atomic mass is 16.5. The van der Waals surface area contributed by atoms with E-state index >= 15 is 0 Å². The monoisotopic (exact) mass is 275 g/mol. The van der Waals surface area contributed by atoms with Gasteiger partial charge in [-0.3, -0.25) is 5.21 Å². The zero-order valence-corrected chi connectivity index (χ0v) is 11.0. The Labute approximate surface area is 117 Å². The first kappa shape index (κ1) is 15.5. The van der Waals surface area contributed by atoms with Crippen molar-refractivity contribution in [2.75, 3.05) is 18.4 Å². The van der Waals surface area contributed by atoms with Gasteiger partial charge in [0, 0.05) is 5.69 Å². The van der Waals surface area contributed by atoms with Gasteiger partial charge < -0.3 is 5.32 Å². The highest BCUT2D eigenvalue weighted by Gasteiger charge is 2.24. The predicted molar refractivity (Wildman–Crippen MR) is 76.4 cm³/mol. The SMILES string of the molecule is C=CCN(O)C(=O)N(CC=C)C(=O)Nc1ccccc1. The molecule has 6 heteroatoms. The molecule has 1 rings (SSSR count). The molecule has 2 N–H and O–H groups in total. The molecule has 0 aromatic heterocycles. The van der Waals surface area contributed by atoms with Crippen LogP contribution in [0, 0.1) is 0 Å². The number of benzene rings is 1. The van der Waals surface area contributed by atoms with Crippen molar-refractivity contribution in [2.24, 2.45) is 0 Å². The van der Waals surface area contributed by atoms with Crippen molar-refractivity contribution >= 4 is 17.7 Å². The average molecular weight is 275 g/mol. The summed E-state index contributed by atoms with van der Waals surface area (Å²) in [7, 11) is 0. The molecule has 0 bridgehead atoms. The Morgan fingerprint density at radius 3 is 2.30 bits per heavy atom. The lowest BCUT2D eigenvalue weighted by atomic mass is 10.3. The van der Waals surface area contributed by atoms with Gasteiger partial charge >= 0.3 is 12.1 Å². The molecule has 1 aromatic rings. The number of nitrogens with zero attached hydrogens (tertiary/aromatic N) is 2. The van der Waals surface area contributed by atoms with E-state index in [9.17, 15) is 14.8 Å². The maximum atomic E-state index is 12.0. The molecule has 6 nitrogen and oxygen atoms in total. The van der Waals surface area contributed by atoms with E-state index in [1.54, 1.807) is 24.3 Å². The van der Waals surface area contributed by atoms with Crippen LogP contribution in [0.5, 0.6) is 0 Å². The van der Waals surface area contributed by atoms with Crippen molar-refractivity contribution in [3.63, 3.8) is 0 Å². The van der Waals surface area contributed by atoms with Crippen LogP contribution < -0.4 is 5.32 Å². The third kappa shape index (κ3) is 4.25. The fraction of sp³-hybridized carbons (Fsp3) is 0.143. The van der Waals surface area contributed by atoms with E-state index in [1.165, 1.54) is 12.2 Å². The van der Waals surface area contributed by atoms with Crippen LogP contribution in [0.1, 0.15) is 0 Å². The number of hydrogen-bond donors (Lipinski definition) is 2. The fourth-order valence-corrected chi connectivity index (χ4v) is 1.43. The maximum absolute atomic E-state index is 12.0. The van der Waals surface area contributed by atoms with Crippen molar-refractivity contribution in [1.82, 2.24) is 9.96 Å². The Morgan fingerprint density at radius 1 is 1.15 bits per heavy atom. The molecule has 1 aromatic carbocycles. The number of hydrogen-bond acceptors (Lipinski definition) is 3. The van der Waals surface area contributed by atoms with Gasteiger partial charge in [0.15, 0.2) is 0 Å². The van der Waals surface area contributed by atoms with Gasteiger partial charge in [0.25, 0.3) is 0 Å². The van der Waals surface area contributed by atoms with E-state index in [0.717, 1.165) is 4.90 Å². The van der Waals surface area contributed by atoms with Crippen LogP contribution >= 0.6 is 0 Å². The second-order valence-electron chi connectivity index (χ2n) is 3.85. The van der Waals surface area contributed by atoms with Gasteiger partial charge in [-0.05, 0) is 12.1 Å². The summed E-state index contributed by atoms with van der Waals surface area (Å²) < 4.78 is 0. The van der Waals surface area contributed by atoms with Gasteiger partial charge in [-0.25, -0.2) is 19.6 Å². The predicted octanol–water partition coefficient (Wildman–Crippen LogP) is 2.70. The van der Waals surface area contributed by atoms with Crippen LogP contribution in [0.2, 0.25) is 0 Å². The zero-order chi connectivity index (χ0) is 15.0. The number of rotatable bonds is 5. The minimum atomic E-state index is -0.849. The molecular weight excluding hydrogens is 258 g/mol. The lowest BCUT2D eigenvalue weighted by Gasteiger charge is -2.23. The highest BCUT2D eigenvalue weighted by Crippen LogP contribution is 2.08. The second-order valence-corrected chi connectivity index (χ2v) is 3.85. The molecule has 0 saturated carbocycles. The van der Waals surface area contributed by atoms with Gasteiger partial charge in [0.2, 0.25) is 0 Å². The molecule has 0 unspecified atom stereocenters. The van der Waals surface area contributed by atoms with E-state index in [-0.39, 0.29) is 13.1 Å². The van der Waals surface area contributed by atoms with Crippen LogP contribution in [0.25, 0.3) is 0 Å². The second kappa shape index (κ2) is 7.75. The zero-order valence-electron chi connectivity index (χ0n) is 11.0. The standard InChI is InChI=1S/C14H17N3O3/c1-3-10-16(14(19)17(20)11-4-2)13(18)15-12-8-6-5-7-9-12/h3-9,20H,1-2,10-11H2,(H,15,18). The molecule has 0 radical (unpaired) electrons. The lowest BCUT2D eigenvalue weighted by molar-refractivity contribution is -0.0419. The number of imide groups is 1. The Balaban J connectivity index is 2.79. The number of carbonyl (C=O) groups excluding carboxylic acids is 2. The number of urea groups is 2. The number of anilines is 1. The minimum Gasteiger partial charge on any atom is -0.307 e. The van der Waals surface area contributed by atoms with E-state index < -0.39 is 12.1 Å². The molecule has 0 fully saturated rings. The first-order valence-electron chi connectivity index (χ1n) is 5.96. The first-order chi connectivity index (χ1) is 9.60. The molecule has 0 aliphatic rings. The number of carbonyl (C=O) groups is 2. The van der Waals surface area contributed by atoms with Gasteiger partial charge in [0.1, 0.15) is 0 Å². The van der Waals surface area contributed by atoms with Crippen molar-refractivity contribution < 1.29 is 14.8 Å². The molecule has 0 saturated heterocycles. The highest BCUT2D eigenvalue weighted by molar-refractivity contribution is 6.00. The van der Waals surface area contributed by atoms with Crippen LogP contribution in [-0.4, -0.2) is 40.3 Å². The van der Waals surface area contributed by atoms with Crippen LogP contribution in [0.3, 0.4) is 0 Å². The Bertz CT molecular complexity index is 488. The summed E-state index contributed by atoms with van der Waals surface area (Å²) in [4.78, 5) is 24.8. The van der Waals surface area contributed by atoms with Crippen molar-refractivity contribution in [2.45, 2.75) is 0 Å². The molecular formula is C14H17N3O3. The fourth-order valence-electron chi connectivity index (χ4n) is 1.43. The first-order valence-corrected chi connectivity index (χ1v) is 5.96. The third-order valence-electron chi connectivity index (χ3n) is 2.34. The van der Waals surface area contributed by atoms with Gasteiger partial charge in [-0.2, -0.15) is 0 Å². The minimum absolute atomic E-state index is 0.0221. The van der Waals surface area contributed by atoms with Crippen LogP contribution in [-0.2, 0) is 0 Å². The number of amides is 4. The summed E-state index contributed by atoms with van der Waals surface area (Å²) in [6, 6.07) is 7.20. The van der Waals surface area contributed by atoms with E-state index in [2.05, 4.69) is 18.5 Å². The molecule has 4 amide bonds. The average Bonchev–Trinajstić information content (AvgIpc) is 2.45. The van der Waals surface area contributed by atoms with Gasteiger partial charge in [-0.15, -0.1) is 13.2 Å². The smallest absolute Gasteiger partial charge is 0.307 e. The van der Waals surface area contributed by atoms with Gasteiger partial charge in [0.05, 0.1) is 13.1 Å². The Hall–Kier alpha value is -2.60. The molecule has 0 aliphatic heterocycles. The van der Waals surface area contributed by atoms with Gasteiger partial charge in [-0.1, -0.05) is 30.4 Å². The number of hydroxylamine groups is 2. The molecule has 0 aliphatic carbocycles. The summed E-state index contributed by atoms with van der Waals surface area (Å²) >= 11 is 0. The van der Waals surface area contributed by atoms with Crippen molar-refractivity contribution in [3.8, 4) is 0 Å². The quantitative estimate of drug-likeness (QED) is 0.493. The molecule has 106 valence electrons. The van der Waals surface area contributed by atoms with Crippen molar-refractivity contribution in [3.05, 3.63) is 55.6 Å². The molecule has 0 atom stereocenters. The Morgan fingerprint density at radius 2 is 1.75 bits per heavy atom. The van der Waals surface area contributed by atoms with Crippen molar-refractivity contribution in [1.29, 1.82) is 0 Å². The summed E-state index contributed by atoms with van der Waals surface area (Å²) in [6.07, 6.45) is 2.74. The number of nitrogens with one attached hydrogen (secondary N) is 1. The summed E-state index contributed by atoms with van der Waals surface area (Å²) in [5.41, 5.74) is 0.549. The topological polar surface area (TPSA) is 72.9 Å². The summed E-state index contributed by atoms with van der Waals surface area (Å²) in [5, 5.41) is 12.4. The normalized spacial score (nSPS) is 9.45. The van der Waals surface area contributed by atoms with E-state index in [4.69, 9.17) is 0 Å². The molecule has 0 spiro atoms. The van der Waals surface area contributed by atoms with E-state index in [0.29, 0.717) is 10.8 Å².